The third-order valence-corrected chi connectivity index (χ3v) is 4.44. The molecule has 2 aromatic rings. The number of carbonyl (C=O) groups is 2. The van der Waals surface area contributed by atoms with Crippen molar-refractivity contribution in [2.45, 2.75) is 33.2 Å². The van der Waals surface area contributed by atoms with Crippen LogP contribution in [0.5, 0.6) is 0 Å². The predicted octanol–water partition coefficient (Wildman–Crippen LogP) is 4.07. The van der Waals surface area contributed by atoms with Gasteiger partial charge in [0, 0.05) is 28.9 Å². The summed E-state index contributed by atoms with van der Waals surface area (Å²) in [5, 5.41) is 10.7. The van der Waals surface area contributed by atoms with Gasteiger partial charge in [0.25, 0.3) is 0 Å². The van der Waals surface area contributed by atoms with Gasteiger partial charge in [-0.2, -0.15) is 5.10 Å². The third-order valence-electron chi connectivity index (χ3n) is 3.79. The fourth-order valence-corrected chi connectivity index (χ4v) is 2.78. The monoisotopic (exact) mass is 408 g/mol. The molecule has 144 valence electrons. The molecule has 0 spiro atoms. The molecule has 0 aliphatic rings. The number of rotatable bonds is 8. The normalized spacial score (nSPS) is 11.0. The van der Waals surface area contributed by atoms with Crippen molar-refractivity contribution in [3.63, 3.8) is 0 Å². The van der Waals surface area contributed by atoms with Gasteiger partial charge in [0.15, 0.2) is 0 Å². The molecule has 1 aromatic carbocycles. The van der Waals surface area contributed by atoms with Crippen LogP contribution in [0.25, 0.3) is 6.08 Å². The minimum atomic E-state index is -0.391. The van der Waals surface area contributed by atoms with E-state index >= 15 is 0 Å². The first kappa shape index (κ1) is 21.0. The molecule has 2 N–H and O–H groups in total. The maximum absolute atomic E-state index is 12.0. The van der Waals surface area contributed by atoms with Crippen molar-refractivity contribution in [2.75, 3.05) is 11.9 Å². The van der Waals surface area contributed by atoms with Gasteiger partial charge >= 0.3 is 0 Å². The molecule has 1 aromatic heterocycles. The number of anilines is 1. The van der Waals surface area contributed by atoms with Crippen molar-refractivity contribution in [3.8, 4) is 0 Å². The largest absolute Gasteiger partial charge is 0.343 e. The van der Waals surface area contributed by atoms with E-state index in [4.69, 9.17) is 23.2 Å². The van der Waals surface area contributed by atoms with E-state index in [-0.39, 0.29) is 12.5 Å². The number of halogens is 2. The minimum absolute atomic E-state index is 0.145. The number of aromatic nitrogens is 2. The van der Waals surface area contributed by atoms with Crippen LogP contribution in [0, 0.1) is 6.92 Å². The lowest BCUT2D eigenvalue weighted by atomic mass is 10.2. The highest BCUT2D eigenvalue weighted by Gasteiger charge is 2.11. The Morgan fingerprint density at radius 1 is 1.22 bits per heavy atom. The summed E-state index contributed by atoms with van der Waals surface area (Å²) in [5.74, 6) is -0.723. The van der Waals surface area contributed by atoms with Gasteiger partial charge in [0.05, 0.1) is 12.2 Å². The van der Waals surface area contributed by atoms with Gasteiger partial charge in [-0.3, -0.25) is 14.3 Å². The topological polar surface area (TPSA) is 76.0 Å². The van der Waals surface area contributed by atoms with Crippen LogP contribution in [0.3, 0.4) is 0 Å². The third kappa shape index (κ3) is 6.41. The Kier molecular flexibility index (Phi) is 7.88. The average molecular weight is 409 g/mol. The highest BCUT2D eigenvalue weighted by atomic mass is 35.5. The van der Waals surface area contributed by atoms with E-state index in [0.29, 0.717) is 21.4 Å². The van der Waals surface area contributed by atoms with Crippen molar-refractivity contribution in [3.05, 3.63) is 51.8 Å². The van der Waals surface area contributed by atoms with Gasteiger partial charge in [-0.15, -0.1) is 0 Å². The van der Waals surface area contributed by atoms with Gasteiger partial charge in [-0.25, -0.2) is 0 Å². The first-order valence-electron chi connectivity index (χ1n) is 8.65. The summed E-state index contributed by atoms with van der Waals surface area (Å²) in [5.41, 5.74) is 2.06. The molecule has 0 bridgehead atoms. The lowest BCUT2D eigenvalue weighted by Gasteiger charge is -2.05. The van der Waals surface area contributed by atoms with Crippen molar-refractivity contribution in [2.24, 2.45) is 0 Å². The fraction of sp³-hybridized carbons (Fsp3) is 0.316. The molecule has 0 saturated heterocycles. The molecule has 0 saturated carbocycles. The van der Waals surface area contributed by atoms with E-state index in [1.165, 1.54) is 6.08 Å². The second-order valence-corrected chi connectivity index (χ2v) is 6.77. The van der Waals surface area contributed by atoms with Crippen LogP contribution in [-0.2, 0) is 16.1 Å². The van der Waals surface area contributed by atoms with Crippen LogP contribution in [0.4, 0.5) is 5.69 Å². The maximum atomic E-state index is 12.0. The molecule has 6 nitrogen and oxygen atoms in total. The summed E-state index contributed by atoms with van der Waals surface area (Å²) >= 11 is 12.1. The van der Waals surface area contributed by atoms with E-state index in [1.54, 1.807) is 35.0 Å². The van der Waals surface area contributed by atoms with E-state index in [0.717, 1.165) is 25.1 Å². The Balaban J connectivity index is 1.87. The molecule has 2 amide bonds. The zero-order chi connectivity index (χ0) is 19.8. The standard InChI is InChI=1S/C19H22Cl2N4O2/c1-3-4-11-25-19(21)16(13(2)24-25)9-10-17(26)22-12-18(27)23-15-7-5-14(20)6-8-15/h5-10H,3-4,11-12H2,1-2H3,(H,22,26)(H,23,27). The fourth-order valence-electron chi connectivity index (χ4n) is 2.34. The smallest absolute Gasteiger partial charge is 0.244 e. The molecular formula is C19H22Cl2N4O2. The van der Waals surface area contributed by atoms with Gasteiger partial charge in [0.2, 0.25) is 11.8 Å². The predicted molar refractivity (Wildman–Crippen MR) is 109 cm³/mol. The molecule has 27 heavy (non-hydrogen) atoms. The minimum Gasteiger partial charge on any atom is -0.343 e. The van der Waals surface area contributed by atoms with Crippen LogP contribution in [0.2, 0.25) is 10.2 Å². The number of benzene rings is 1. The summed E-state index contributed by atoms with van der Waals surface area (Å²) in [4.78, 5) is 23.8. The number of carbonyl (C=O) groups excluding carboxylic acids is 2. The molecule has 8 heteroatoms. The Morgan fingerprint density at radius 3 is 2.59 bits per heavy atom. The number of unbranched alkanes of at least 4 members (excludes halogenated alkanes) is 1. The zero-order valence-electron chi connectivity index (χ0n) is 15.3. The molecular weight excluding hydrogens is 387 g/mol. The SMILES string of the molecule is CCCCn1nc(C)c(C=CC(=O)NCC(=O)Nc2ccc(Cl)cc2)c1Cl. The summed E-state index contributed by atoms with van der Waals surface area (Å²) < 4.78 is 1.73. The zero-order valence-corrected chi connectivity index (χ0v) is 16.8. The van der Waals surface area contributed by atoms with E-state index in [2.05, 4.69) is 22.7 Å². The second kappa shape index (κ2) is 10.1. The van der Waals surface area contributed by atoms with Crippen LogP contribution >= 0.6 is 23.2 Å². The average Bonchev–Trinajstić information content (AvgIpc) is 2.91. The lowest BCUT2D eigenvalue weighted by Crippen LogP contribution is -2.31. The number of hydrogen-bond acceptors (Lipinski definition) is 3. The van der Waals surface area contributed by atoms with E-state index < -0.39 is 5.91 Å². The summed E-state index contributed by atoms with van der Waals surface area (Å²) in [6.07, 6.45) is 4.98. The Hall–Kier alpha value is -2.31. The van der Waals surface area contributed by atoms with Crippen LogP contribution in [0.15, 0.2) is 30.3 Å². The quantitative estimate of drug-likeness (QED) is 0.646. The molecule has 0 atom stereocenters. The molecule has 0 fully saturated rings. The summed E-state index contributed by atoms with van der Waals surface area (Å²) in [6.45, 7) is 4.53. The molecule has 1 heterocycles. The maximum Gasteiger partial charge on any atom is 0.244 e. The summed E-state index contributed by atoms with van der Waals surface area (Å²) in [6, 6.07) is 6.71. The van der Waals surface area contributed by atoms with Gasteiger partial charge < -0.3 is 10.6 Å². The molecule has 0 unspecified atom stereocenters. The molecule has 2 rings (SSSR count). The number of hydrogen-bond donors (Lipinski definition) is 2. The number of aryl methyl sites for hydroxylation is 2. The van der Waals surface area contributed by atoms with Gasteiger partial charge in [-0.05, 0) is 43.7 Å². The Labute approximate surface area is 168 Å². The number of amides is 2. The molecule has 0 aliphatic heterocycles. The van der Waals surface area contributed by atoms with Crippen molar-refractivity contribution >= 4 is 46.8 Å². The first-order valence-corrected chi connectivity index (χ1v) is 9.40. The van der Waals surface area contributed by atoms with Crippen molar-refractivity contribution in [1.29, 1.82) is 0 Å². The van der Waals surface area contributed by atoms with Gasteiger partial charge in [0.1, 0.15) is 5.15 Å². The van der Waals surface area contributed by atoms with Gasteiger partial charge in [-0.1, -0.05) is 36.5 Å². The first-order chi connectivity index (χ1) is 12.9. The van der Waals surface area contributed by atoms with Crippen LogP contribution in [-0.4, -0.2) is 28.1 Å². The molecule has 0 radical (unpaired) electrons. The van der Waals surface area contributed by atoms with Crippen LogP contribution in [0.1, 0.15) is 31.0 Å². The van der Waals surface area contributed by atoms with Crippen LogP contribution < -0.4 is 10.6 Å². The number of nitrogens with one attached hydrogen (secondary N) is 2. The number of nitrogens with zero attached hydrogens (tertiary/aromatic N) is 2. The highest BCUT2D eigenvalue weighted by Crippen LogP contribution is 2.21. The Bertz CT molecular complexity index is 829. The lowest BCUT2D eigenvalue weighted by molar-refractivity contribution is -0.121. The second-order valence-electron chi connectivity index (χ2n) is 5.97. The van der Waals surface area contributed by atoms with Crippen molar-refractivity contribution < 1.29 is 9.59 Å². The van der Waals surface area contributed by atoms with E-state index in [1.807, 2.05) is 6.92 Å². The Morgan fingerprint density at radius 2 is 1.93 bits per heavy atom. The highest BCUT2D eigenvalue weighted by molar-refractivity contribution is 6.31. The van der Waals surface area contributed by atoms with E-state index in [9.17, 15) is 9.59 Å². The molecule has 0 aliphatic carbocycles. The van der Waals surface area contributed by atoms with Crippen molar-refractivity contribution in [1.82, 2.24) is 15.1 Å². The summed E-state index contributed by atoms with van der Waals surface area (Å²) in [7, 11) is 0.